The fourth-order valence-corrected chi connectivity index (χ4v) is 3.81. The Balaban J connectivity index is 2.35. The zero-order valence-corrected chi connectivity index (χ0v) is 12.0. The fraction of sp³-hybridized carbons (Fsp3) is 0.800. The van der Waals surface area contributed by atoms with Crippen LogP contribution < -0.4 is 0 Å². The molecule has 4 atom stereocenters. The third-order valence-electron chi connectivity index (χ3n) is 4.82. The normalized spacial score (nSPS) is 38.2. The standard InChI is InChI=1S/C15H24O4/c1-4-10-6-15(18)7-11(9(10)3)13(12(16)8-15)14(17)19-5-2/h9-11,16,18H,4-8H2,1-3H3. The van der Waals surface area contributed by atoms with Crippen molar-refractivity contribution in [3.05, 3.63) is 11.3 Å². The summed E-state index contributed by atoms with van der Waals surface area (Å²) in [5.41, 5.74) is -0.449. The van der Waals surface area contributed by atoms with Crippen molar-refractivity contribution in [1.29, 1.82) is 0 Å². The van der Waals surface area contributed by atoms with E-state index in [1.165, 1.54) is 0 Å². The van der Waals surface area contributed by atoms with Gasteiger partial charge in [0.25, 0.3) is 0 Å². The van der Waals surface area contributed by atoms with E-state index in [1.54, 1.807) is 6.92 Å². The minimum atomic E-state index is -0.849. The second-order valence-electron chi connectivity index (χ2n) is 6.02. The topological polar surface area (TPSA) is 66.8 Å². The molecule has 0 aromatic heterocycles. The Labute approximate surface area is 114 Å². The highest BCUT2D eigenvalue weighted by atomic mass is 16.5. The Kier molecular flexibility index (Phi) is 3.90. The number of aliphatic hydroxyl groups is 2. The molecule has 1 fully saturated rings. The molecule has 2 rings (SSSR count). The SMILES string of the molecule is CCOC(=O)C1=C(O)CC2(O)CC(CC)C(C)C1C2. The lowest BCUT2D eigenvalue weighted by Crippen LogP contribution is -2.48. The maximum Gasteiger partial charge on any atom is 0.337 e. The summed E-state index contributed by atoms with van der Waals surface area (Å²) < 4.78 is 5.05. The molecule has 19 heavy (non-hydrogen) atoms. The van der Waals surface area contributed by atoms with Crippen molar-refractivity contribution >= 4 is 5.97 Å². The van der Waals surface area contributed by atoms with E-state index in [0.29, 0.717) is 30.9 Å². The predicted octanol–water partition coefficient (Wildman–Crippen LogP) is 2.57. The Bertz CT molecular complexity index is 401. The van der Waals surface area contributed by atoms with E-state index < -0.39 is 11.6 Å². The van der Waals surface area contributed by atoms with Crippen LogP contribution in [0.5, 0.6) is 0 Å². The monoisotopic (exact) mass is 268 g/mol. The van der Waals surface area contributed by atoms with Crippen LogP contribution in [0, 0.1) is 17.8 Å². The van der Waals surface area contributed by atoms with Gasteiger partial charge in [-0.1, -0.05) is 20.3 Å². The van der Waals surface area contributed by atoms with Gasteiger partial charge < -0.3 is 14.9 Å². The molecule has 4 nitrogen and oxygen atoms in total. The quantitative estimate of drug-likeness (QED) is 0.772. The van der Waals surface area contributed by atoms with Crippen molar-refractivity contribution in [3.63, 3.8) is 0 Å². The van der Waals surface area contributed by atoms with E-state index in [1.807, 2.05) is 0 Å². The molecule has 0 aliphatic heterocycles. The van der Waals surface area contributed by atoms with Crippen molar-refractivity contribution in [2.24, 2.45) is 17.8 Å². The van der Waals surface area contributed by atoms with Gasteiger partial charge in [-0.3, -0.25) is 0 Å². The van der Waals surface area contributed by atoms with Gasteiger partial charge in [0, 0.05) is 6.42 Å². The molecule has 0 radical (unpaired) electrons. The molecule has 2 bridgehead atoms. The molecule has 0 heterocycles. The number of hydrogen-bond donors (Lipinski definition) is 2. The van der Waals surface area contributed by atoms with Crippen molar-refractivity contribution in [2.75, 3.05) is 6.61 Å². The van der Waals surface area contributed by atoms with Crippen LogP contribution in [-0.2, 0) is 9.53 Å². The Morgan fingerprint density at radius 3 is 2.68 bits per heavy atom. The fourth-order valence-electron chi connectivity index (χ4n) is 3.81. The number of aliphatic hydroxyl groups excluding tert-OH is 1. The number of fused-ring (bicyclic) bond motifs is 2. The first-order valence-electron chi connectivity index (χ1n) is 7.23. The molecule has 0 aromatic rings. The summed E-state index contributed by atoms with van der Waals surface area (Å²) >= 11 is 0. The van der Waals surface area contributed by atoms with E-state index >= 15 is 0 Å². The first-order valence-corrected chi connectivity index (χ1v) is 7.23. The lowest BCUT2D eigenvalue weighted by molar-refractivity contribution is -0.142. The number of carbonyl (C=O) groups excluding carboxylic acids is 1. The zero-order chi connectivity index (χ0) is 14.2. The van der Waals surface area contributed by atoms with Crippen molar-refractivity contribution in [2.45, 2.75) is 52.1 Å². The molecule has 2 N–H and O–H groups in total. The summed E-state index contributed by atoms with van der Waals surface area (Å²) in [5, 5.41) is 20.7. The Morgan fingerprint density at radius 2 is 2.11 bits per heavy atom. The summed E-state index contributed by atoms with van der Waals surface area (Å²) in [6, 6.07) is 0. The summed E-state index contributed by atoms with van der Waals surface area (Å²) in [7, 11) is 0. The van der Waals surface area contributed by atoms with E-state index in [-0.39, 0.29) is 24.0 Å². The molecule has 0 saturated heterocycles. The Hall–Kier alpha value is -1.03. The molecule has 1 saturated carbocycles. The highest BCUT2D eigenvalue weighted by Gasteiger charge is 2.50. The lowest BCUT2D eigenvalue weighted by atomic mass is 9.59. The third-order valence-corrected chi connectivity index (χ3v) is 4.82. The van der Waals surface area contributed by atoms with Crippen LogP contribution in [0.2, 0.25) is 0 Å². The predicted molar refractivity (Wildman–Crippen MR) is 71.5 cm³/mol. The minimum absolute atomic E-state index is 0.0265. The van der Waals surface area contributed by atoms with Gasteiger partial charge in [0.15, 0.2) is 0 Å². The average molecular weight is 268 g/mol. The molecule has 0 amide bonds. The van der Waals surface area contributed by atoms with E-state index in [4.69, 9.17) is 4.74 Å². The zero-order valence-electron chi connectivity index (χ0n) is 12.0. The van der Waals surface area contributed by atoms with Crippen molar-refractivity contribution in [3.8, 4) is 0 Å². The number of esters is 1. The molecule has 4 unspecified atom stereocenters. The van der Waals surface area contributed by atoms with Gasteiger partial charge in [0.1, 0.15) is 5.76 Å². The number of rotatable bonds is 3. The van der Waals surface area contributed by atoms with Gasteiger partial charge in [-0.05, 0) is 37.5 Å². The second kappa shape index (κ2) is 5.16. The highest BCUT2D eigenvalue weighted by Crippen LogP contribution is 2.51. The van der Waals surface area contributed by atoms with Gasteiger partial charge in [0.05, 0.1) is 17.8 Å². The van der Waals surface area contributed by atoms with Crippen LogP contribution in [0.25, 0.3) is 0 Å². The molecule has 2 aliphatic carbocycles. The molecule has 4 heteroatoms. The van der Waals surface area contributed by atoms with E-state index in [9.17, 15) is 15.0 Å². The van der Waals surface area contributed by atoms with Crippen LogP contribution in [0.15, 0.2) is 11.3 Å². The lowest BCUT2D eigenvalue weighted by Gasteiger charge is -2.48. The molecular formula is C15H24O4. The van der Waals surface area contributed by atoms with Crippen LogP contribution >= 0.6 is 0 Å². The number of carbonyl (C=O) groups is 1. The molecule has 108 valence electrons. The van der Waals surface area contributed by atoms with Gasteiger partial charge >= 0.3 is 5.97 Å². The van der Waals surface area contributed by atoms with Gasteiger partial charge in [-0.25, -0.2) is 4.79 Å². The van der Waals surface area contributed by atoms with Crippen LogP contribution in [0.1, 0.15) is 46.5 Å². The summed E-state index contributed by atoms with van der Waals surface area (Å²) in [4.78, 5) is 12.0. The summed E-state index contributed by atoms with van der Waals surface area (Å²) in [6.07, 6.45) is 2.43. The second-order valence-corrected chi connectivity index (χ2v) is 6.02. The maximum absolute atomic E-state index is 12.0. The Morgan fingerprint density at radius 1 is 1.42 bits per heavy atom. The molecule has 0 aromatic carbocycles. The van der Waals surface area contributed by atoms with Gasteiger partial charge in [-0.2, -0.15) is 0 Å². The first-order chi connectivity index (χ1) is 8.91. The molecule has 0 spiro atoms. The van der Waals surface area contributed by atoms with Gasteiger partial charge in [-0.15, -0.1) is 0 Å². The van der Waals surface area contributed by atoms with E-state index in [0.717, 1.165) is 6.42 Å². The van der Waals surface area contributed by atoms with Crippen LogP contribution in [-0.4, -0.2) is 28.4 Å². The molecule has 2 aliphatic rings. The van der Waals surface area contributed by atoms with Crippen molar-refractivity contribution < 1.29 is 19.7 Å². The van der Waals surface area contributed by atoms with Crippen LogP contribution in [0.3, 0.4) is 0 Å². The number of ether oxygens (including phenoxy) is 1. The summed E-state index contributed by atoms with van der Waals surface area (Å²) in [5.74, 6) is 0.194. The third kappa shape index (κ3) is 2.50. The number of hydrogen-bond acceptors (Lipinski definition) is 4. The van der Waals surface area contributed by atoms with Crippen molar-refractivity contribution in [1.82, 2.24) is 0 Å². The highest BCUT2D eigenvalue weighted by molar-refractivity contribution is 5.90. The maximum atomic E-state index is 12.0. The minimum Gasteiger partial charge on any atom is -0.512 e. The van der Waals surface area contributed by atoms with E-state index in [2.05, 4.69) is 13.8 Å². The summed E-state index contributed by atoms with van der Waals surface area (Å²) in [6.45, 7) is 6.28. The average Bonchev–Trinajstić information content (AvgIpc) is 2.33. The van der Waals surface area contributed by atoms with Crippen LogP contribution in [0.4, 0.5) is 0 Å². The first kappa shape index (κ1) is 14.4. The largest absolute Gasteiger partial charge is 0.512 e. The van der Waals surface area contributed by atoms with Gasteiger partial charge in [0.2, 0.25) is 0 Å². The molecular weight excluding hydrogens is 244 g/mol. The smallest absolute Gasteiger partial charge is 0.337 e.